The Kier molecular flexibility index (Phi) is 2.85. The zero-order chi connectivity index (χ0) is 9.19. The van der Waals surface area contributed by atoms with Gasteiger partial charge in [0.25, 0.3) is 0 Å². The summed E-state index contributed by atoms with van der Waals surface area (Å²) in [6.45, 7) is 3.57. The van der Waals surface area contributed by atoms with Crippen molar-refractivity contribution in [2.75, 3.05) is 0 Å². The van der Waals surface area contributed by atoms with Gasteiger partial charge in [-0.15, -0.1) is 0 Å². The number of aliphatic hydroxyl groups is 1. The van der Waals surface area contributed by atoms with Crippen LogP contribution in [0.4, 0.5) is 0 Å². The van der Waals surface area contributed by atoms with Gasteiger partial charge in [0.1, 0.15) is 0 Å². The van der Waals surface area contributed by atoms with Gasteiger partial charge in [0.05, 0.1) is 5.60 Å². The molecule has 2 nitrogen and oxygen atoms in total. The number of hydrogen-bond donors (Lipinski definition) is 1. The highest BCUT2D eigenvalue weighted by Crippen LogP contribution is 2.15. The molecule has 1 N–H and O–H groups in total. The Hall–Kier alpha value is -0.410. The van der Waals surface area contributed by atoms with Crippen LogP contribution < -0.4 is 0 Å². The van der Waals surface area contributed by atoms with Crippen molar-refractivity contribution >= 4 is 15.9 Å². The van der Waals surface area contributed by atoms with Gasteiger partial charge in [-0.1, -0.05) is 0 Å². The summed E-state index contributed by atoms with van der Waals surface area (Å²) in [6, 6.07) is 1.96. The van der Waals surface area contributed by atoms with Crippen LogP contribution in [0.15, 0.2) is 22.9 Å². The molecule has 12 heavy (non-hydrogen) atoms. The molecule has 1 aromatic rings. The molecule has 0 saturated heterocycles. The molecule has 0 bridgehead atoms. The van der Waals surface area contributed by atoms with Gasteiger partial charge in [-0.3, -0.25) is 4.98 Å². The molecule has 0 aromatic carbocycles. The fourth-order valence-corrected chi connectivity index (χ4v) is 1.46. The summed E-state index contributed by atoms with van der Waals surface area (Å²) >= 11 is 3.33. The van der Waals surface area contributed by atoms with E-state index < -0.39 is 5.60 Å². The van der Waals surface area contributed by atoms with Gasteiger partial charge in [-0.25, -0.2) is 0 Å². The van der Waals surface area contributed by atoms with Gasteiger partial charge < -0.3 is 5.11 Å². The Morgan fingerprint density at radius 1 is 1.50 bits per heavy atom. The van der Waals surface area contributed by atoms with Crippen LogP contribution in [0.3, 0.4) is 0 Å². The van der Waals surface area contributed by atoms with Crippen LogP contribution in [0.1, 0.15) is 19.4 Å². The van der Waals surface area contributed by atoms with Crippen LogP contribution in [0, 0.1) is 0 Å². The summed E-state index contributed by atoms with van der Waals surface area (Å²) in [4.78, 5) is 4.01. The van der Waals surface area contributed by atoms with E-state index in [-0.39, 0.29) is 0 Å². The van der Waals surface area contributed by atoms with Crippen molar-refractivity contribution in [3.63, 3.8) is 0 Å². The number of nitrogens with zero attached hydrogens (tertiary/aromatic N) is 1. The van der Waals surface area contributed by atoms with Crippen molar-refractivity contribution in [1.82, 2.24) is 4.98 Å². The first-order valence-electron chi connectivity index (χ1n) is 3.79. The highest BCUT2D eigenvalue weighted by molar-refractivity contribution is 9.10. The molecule has 0 spiro atoms. The van der Waals surface area contributed by atoms with E-state index in [1.54, 1.807) is 26.2 Å². The normalized spacial score (nSPS) is 11.7. The topological polar surface area (TPSA) is 33.1 Å². The summed E-state index contributed by atoms with van der Waals surface area (Å²) in [5.74, 6) is 0. The minimum atomic E-state index is -0.664. The van der Waals surface area contributed by atoms with Gasteiger partial charge in [-0.2, -0.15) is 0 Å². The van der Waals surface area contributed by atoms with Crippen LogP contribution in [0.25, 0.3) is 0 Å². The number of aromatic nitrogens is 1. The molecule has 0 amide bonds. The third kappa shape index (κ3) is 3.32. The van der Waals surface area contributed by atoms with Crippen molar-refractivity contribution in [3.8, 4) is 0 Å². The lowest BCUT2D eigenvalue weighted by molar-refractivity contribution is 0.0809. The Morgan fingerprint density at radius 2 is 2.17 bits per heavy atom. The zero-order valence-corrected chi connectivity index (χ0v) is 8.80. The average Bonchev–Trinajstić information content (AvgIpc) is 1.82. The molecule has 0 fully saturated rings. The first-order valence-corrected chi connectivity index (χ1v) is 4.58. The van der Waals surface area contributed by atoms with Gasteiger partial charge in [-0.05, 0) is 41.4 Å². The van der Waals surface area contributed by atoms with Gasteiger partial charge >= 0.3 is 0 Å². The Labute approximate surface area is 80.8 Å². The molecule has 0 aliphatic carbocycles. The third-order valence-electron chi connectivity index (χ3n) is 1.40. The largest absolute Gasteiger partial charge is 0.390 e. The number of rotatable bonds is 2. The molecule has 1 rings (SSSR count). The molecule has 0 aliphatic heterocycles. The maximum absolute atomic E-state index is 9.52. The van der Waals surface area contributed by atoms with E-state index in [1.807, 2.05) is 6.07 Å². The molecule has 66 valence electrons. The molecular weight excluding hydrogens is 218 g/mol. The monoisotopic (exact) mass is 229 g/mol. The minimum Gasteiger partial charge on any atom is -0.390 e. The molecule has 0 radical (unpaired) electrons. The first kappa shape index (κ1) is 9.68. The van der Waals surface area contributed by atoms with Crippen molar-refractivity contribution in [3.05, 3.63) is 28.5 Å². The molecule has 0 atom stereocenters. The average molecular weight is 230 g/mol. The van der Waals surface area contributed by atoms with Crippen LogP contribution in [-0.2, 0) is 6.42 Å². The Bertz CT molecular complexity index is 267. The standard InChI is InChI=1S/C9H12BrNO/c1-9(2,12)4-7-3-8(10)6-11-5-7/h3,5-6,12H,4H2,1-2H3. The second-order valence-electron chi connectivity index (χ2n) is 3.50. The molecule has 0 saturated carbocycles. The second-order valence-corrected chi connectivity index (χ2v) is 4.42. The smallest absolute Gasteiger partial charge is 0.0632 e. The molecular formula is C9H12BrNO. The summed E-state index contributed by atoms with van der Waals surface area (Å²) < 4.78 is 0.948. The quantitative estimate of drug-likeness (QED) is 0.844. The van der Waals surface area contributed by atoms with E-state index in [9.17, 15) is 5.11 Å². The lowest BCUT2D eigenvalue weighted by Gasteiger charge is -2.16. The first-order chi connectivity index (χ1) is 5.47. The lowest BCUT2D eigenvalue weighted by Crippen LogP contribution is -2.21. The summed E-state index contributed by atoms with van der Waals surface area (Å²) in [7, 11) is 0. The van der Waals surface area contributed by atoms with Crippen LogP contribution in [0.2, 0.25) is 0 Å². The number of halogens is 1. The fraction of sp³-hybridized carbons (Fsp3) is 0.444. The van der Waals surface area contributed by atoms with Crippen molar-refractivity contribution in [2.45, 2.75) is 25.9 Å². The predicted octanol–water partition coefficient (Wildman–Crippen LogP) is 2.16. The van der Waals surface area contributed by atoms with Gasteiger partial charge in [0.2, 0.25) is 0 Å². The SMILES string of the molecule is CC(C)(O)Cc1cncc(Br)c1. The van der Waals surface area contributed by atoms with Crippen LogP contribution in [0.5, 0.6) is 0 Å². The maximum atomic E-state index is 9.52. The zero-order valence-electron chi connectivity index (χ0n) is 7.21. The van der Waals surface area contributed by atoms with Crippen LogP contribution in [-0.4, -0.2) is 15.7 Å². The summed E-state index contributed by atoms with van der Waals surface area (Å²) in [6.07, 6.45) is 4.12. The maximum Gasteiger partial charge on any atom is 0.0632 e. The fourth-order valence-electron chi connectivity index (χ4n) is 1.05. The minimum absolute atomic E-state index is 0.624. The molecule has 1 aromatic heterocycles. The summed E-state index contributed by atoms with van der Waals surface area (Å²) in [5.41, 5.74) is 0.375. The predicted molar refractivity (Wildman–Crippen MR) is 51.9 cm³/mol. The highest BCUT2D eigenvalue weighted by atomic mass is 79.9. The van der Waals surface area contributed by atoms with Crippen molar-refractivity contribution in [2.24, 2.45) is 0 Å². The van der Waals surface area contributed by atoms with Crippen molar-refractivity contribution < 1.29 is 5.11 Å². The molecule has 3 heteroatoms. The Balaban J connectivity index is 2.77. The van der Waals surface area contributed by atoms with Gasteiger partial charge in [0.15, 0.2) is 0 Å². The highest BCUT2D eigenvalue weighted by Gasteiger charge is 2.13. The van der Waals surface area contributed by atoms with E-state index in [4.69, 9.17) is 0 Å². The van der Waals surface area contributed by atoms with E-state index >= 15 is 0 Å². The summed E-state index contributed by atoms with van der Waals surface area (Å²) in [5, 5.41) is 9.52. The Morgan fingerprint density at radius 3 is 2.67 bits per heavy atom. The van der Waals surface area contributed by atoms with E-state index in [1.165, 1.54) is 0 Å². The second kappa shape index (κ2) is 3.54. The van der Waals surface area contributed by atoms with Crippen molar-refractivity contribution in [1.29, 1.82) is 0 Å². The van der Waals surface area contributed by atoms with Gasteiger partial charge in [0, 0.05) is 23.3 Å². The lowest BCUT2D eigenvalue weighted by atomic mass is 10.0. The number of hydrogen-bond acceptors (Lipinski definition) is 2. The van der Waals surface area contributed by atoms with E-state index in [0.29, 0.717) is 6.42 Å². The number of pyridine rings is 1. The van der Waals surface area contributed by atoms with Crippen LogP contribution >= 0.6 is 15.9 Å². The van der Waals surface area contributed by atoms with E-state index in [2.05, 4.69) is 20.9 Å². The molecule has 0 unspecified atom stereocenters. The molecule has 0 aliphatic rings. The third-order valence-corrected chi connectivity index (χ3v) is 1.83. The van der Waals surface area contributed by atoms with E-state index in [0.717, 1.165) is 10.0 Å². The molecule has 1 heterocycles.